The van der Waals surface area contributed by atoms with E-state index in [9.17, 15) is 70.7 Å². The fourth-order valence-corrected chi connectivity index (χ4v) is 5.84. The Morgan fingerprint density at radius 2 is 0.894 bits per heavy atom. The Balaban J connectivity index is 6.38. The van der Waals surface area contributed by atoms with E-state index >= 15 is 8.78 Å². The van der Waals surface area contributed by atoms with E-state index in [4.69, 9.17) is 0 Å². The molecule has 47 heavy (non-hydrogen) atoms. The first-order valence-electron chi connectivity index (χ1n) is 14.5. The molecule has 0 amide bonds. The van der Waals surface area contributed by atoms with E-state index < -0.39 is 95.5 Å². The number of methoxy groups -OCH3 is 1. The predicted molar refractivity (Wildman–Crippen MR) is 144 cm³/mol. The van der Waals surface area contributed by atoms with Gasteiger partial charge in [-0.05, 0) is 19.3 Å². The number of ether oxygens (including phenoxy) is 1. The summed E-state index contributed by atoms with van der Waals surface area (Å²) in [6.07, 6.45) is -4.87. The molecule has 2 nitrogen and oxygen atoms in total. The molecule has 282 valence electrons. The van der Waals surface area contributed by atoms with Crippen molar-refractivity contribution in [1.82, 2.24) is 0 Å². The molecule has 0 aromatic heterocycles. The molecule has 0 aromatic carbocycles. The standard InChI is InChI=1S/C27H36F17IO2/c1-3-4-5-6-7-8-9-10-11-15-18(45)17(14-12-13-16-19(46)47-2)20(28,29)21(30,31)22(32,33)23(34,35)24(36,37)25(38,39)26(40,41)27(42,43)44/h17-18H,3-16H2,1-2H3. The normalized spacial score (nSPS) is 15.9. The van der Waals surface area contributed by atoms with E-state index in [1.54, 1.807) is 0 Å². The van der Waals surface area contributed by atoms with Gasteiger partial charge in [-0.2, -0.15) is 74.6 Å². The van der Waals surface area contributed by atoms with Gasteiger partial charge in [-0.3, -0.25) is 4.79 Å². The van der Waals surface area contributed by atoms with E-state index in [1.807, 2.05) is 6.92 Å². The maximum absolute atomic E-state index is 15.3. The highest BCUT2D eigenvalue weighted by Crippen LogP contribution is 2.65. The van der Waals surface area contributed by atoms with Crippen LogP contribution in [0.3, 0.4) is 0 Å². The summed E-state index contributed by atoms with van der Waals surface area (Å²) in [6, 6.07) is 0. The highest BCUT2D eigenvalue weighted by molar-refractivity contribution is 14.1. The third-order valence-corrected chi connectivity index (χ3v) is 9.10. The SMILES string of the molecule is CCCCCCCCCCCC(I)C(CCCCC(=O)OC)C(F)(F)C(F)(F)C(F)(F)C(F)(F)C(F)(F)C(F)(F)C(F)(F)C(F)(F)F. The summed E-state index contributed by atoms with van der Waals surface area (Å²) >= 11 is 1.09. The van der Waals surface area contributed by atoms with E-state index in [0.29, 0.717) is 19.3 Å². The Labute approximate surface area is 274 Å². The smallest absolute Gasteiger partial charge is 0.460 e. The van der Waals surface area contributed by atoms with Gasteiger partial charge in [0.05, 0.1) is 7.11 Å². The molecule has 0 aliphatic heterocycles. The molecule has 0 fully saturated rings. The lowest BCUT2D eigenvalue weighted by Gasteiger charge is -2.44. The van der Waals surface area contributed by atoms with Gasteiger partial charge in [-0.1, -0.05) is 93.7 Å². The largest absolute Gasteiger partial charge is 0.469 e. The van der Waals surface area contributed by atoms with Crippen molar-refractivity contribution in [3.63, 3.8) is 0 Å². The van der Waals surface area contributed by atoms with Crippen LogP contribution in [0.1, 0.15) is 96.8 Å². The van der Waals surface area contributed by atoms with Crippen molar-refractivity contribution in [2.45, 2.75) is 148 Å². The van der Waals surface area contributed by atoms with Crippen LogP contribution in [0.25, 0.3) is 0 Å². The number of alkyl halides is 18. The van der Waals surface area contributed by atoms with Gasteiger partial charge >= 0.3 is 53.6 Å². The average molecular weight is 842 g/mol. The number of esters is 1. The molecule has 0 aromatic rings. The van der Waals surface area contributed by atoms with Gasteiger partial charge in [-0.15, -0.1) is 0 Å². The molecule has 2 atom stereocenters. The fourth-order valence-electron chi connectivity index (χ4n) is 4.58. The maximum atomic E-state index is 15.3. The third-order valence-electron chi connectivity index (χ3n) is 7.61. The van der Waals surface area contributed by atoms with Crippen molar-refractivity contribution in [2.75, 3.05) is 7.11 Å². The van der Waals surface area contributed by atoms with E-state index in [1.165, 1.54) is 0 Å². The Bertz CT molecular complexity index is 954. The van der Waals surface area contributed by atoms with Crippen LogP contribution in [0.4, 0.5) is 74.6 Å². The van der Waals surface area contributed by atoms with Crippen LogP contribution >= 0.6 is 22.6 Å². The molecule has 0 saturated heterocycles. The Kier molecular flexibility index (Phi) is 16.9. The first kappa shape index (κ1) is 46.0. The Morgan fingerprint density at radius 3 is 1.30 bits per heavy atom. The molecule has 0 bridgehead atoms. The zero-order valence-corrected chi connectivity index (χ0v) is 27.3. The molecule has 20 heteroatoms. The molecular formula is C27H36F17IO2. The monoisotopic (exact) mass is 842 g/mol. The third kappa shape index (κ3) is 9.84. The van der Waals surface area contributed by atoms with Crippen molar-refractivity contribution in [3.8, 4) is 0 Å². The van der Waals surface area contributed by atoms with Crippen LogP contribution in [0, 0.1) is 5.92 Å². The summed E-state index contributed by atoms with van der Waals surface area (Å²) in [7, 11) is 0.915. The van der Waals surface area contributed by atoms with Crippen molar-refractivity contribution in [1.29, 1.82) is 0 Å². The predicted octanol–water partition coefficient (Wildman–Crippen LogP) is 12.1. The number of hydrogen-bond donors (Lipinski definition) is 0. The van der Waals surface area contributed by atoms with E-state index in [2.05, 4.69) is 4.74 Å². The van der Waals surface area contributed by atoms with Gasteiger partial charge in [0.1, 0.15) is 0 Å². The number of carbonyl (C=O) groups is 1. The van der Waals surface area contributed by atoms with Crippen LogP contribution in [-0.4, -0.2) is 64.6 Å². The molecule has 0 aliphatic rings. The second kappa shape index (κ2) is 17.3. The minimum Gasteiger partial charge on any atom is -0.469 e. The number of carbonyl (C=O) groups excluding carboxylic acids is 1. The van der Waals surface area contributed by atoms with Gasteiger partial charge in [0, 0.05) is 16.3 Å². The Morgan fingerprint density at radius 1 is 0.532 bits per heavy atom. The van der Waals surface area contributed by atoms with Crippen molar-refractivity contribution >= 4 is 28.6 Å². The molecule has 0 spiro atoms. The minimum atomic E-state index is -8.65. The second-order valence-corrected chi connectivity index (χ2v) is 12.7. The zero-order chi connectivity index (χ0) is 37.3. The van der Waals surface area contributed by atoms with Gasteiger partial charge in [0.25, 0.3) is 0 Å². The number of halogens is 18. The molecule has 2 unspecified atom stereocenters. The summed E-state index contributed by atoms with van der Waals surface area (Å²) in [4.78, 5) is 11.3. The molecule has 0 aliphatic carbocycles. The maximum Gasteiger partial charge on any atom is 0.460 e. The number of unbranched alkanes of at least 4 members (excludes halogenated alkanes) is 9. The van der Waals surface area contributed by atoms with E-state index in [0.717, 1.165) is 61.8 Å². The zero-order valence-electron chi connectivity index (χ0n) is 25.2. The van der Waals surface area contributed by atoms with Crippen LogP contribution < -0.4 is 0 Å². The van der Waals surface area contributed by atoms with Gasteiger partial charge < -0.3 is 4.74 Å². The van der Waals surface area contributed by atoms with Gasteiger partial charge in [-0.25, -0.2) is 0 Å². The summed E-state index contributed by atoms with van der Waals surface area (Å²) in [5.74, 6) is -60.5. The quantitative estimate of drug-likeness (QED) is 0.0337. The fraction of sp³-hybridized carbons (Fsp3) is 0.963. The van der Waals surface area contributed by atoms with Crippen LogP contribution in [0.5, 0.6) is 0 Å². The topological polar surface area (TPSA) is 26.3 Å². The van der Waals surface area contributed by atoms with Crippen molar-refractivity contribution < 1.29 is 84.2 Å². The van der Waals surface area contributed by atoms with Crippen molar-refractivity contribution in [3.05, 3.63) is 0 Å². The number of rotatable bonds is 23. The van der Waals surface area contributed by atoms with Crippen LogP contribution in [0.15, 0.2) is 0 Å². The molecule has 0 heterocycles. The minimum absolute atomic E-state index is 0.00620. The van der Waals surface area contributed by atoms with Crippen LogP contribution in [-0.2, 0) is 9.53 Å². The molecular weight excluding hydrogens is 806 g/mol. The summed E-state index contributed by atoms with van der Waals surface area (Å²) in [6.45, 7) is 1.99. The lowest BCUT2D eigenvalue weighted by atomic mass is 9.81. The molecule has 0 saturated carbocycles. The summed E-state index contributed by atoms with van der Waals surface area (Å²) in [5, 5.41) is 0. The lowest BCUT2D eigenvalue weighted by Crippen LogP contribution is -2.75. The molecule has 0 radical (unpaired) electrons. The number of hydrogen-bond acceptors (Lipinski definition) is 2. The molecule has 0 N–H and O–H groups in total. The first-order valence-corrected chi connectivity index (χ1v) is 15.7. The highest BCUT2D eigenvalue weighted by atomic mass is 127. The van der Waals surface area contributed by atoms with Gasteiger partial charge in [0.15, 0.2) is 0 Å². The summed E-state index contributed by atoms with van der Waals surface area (Å²) in [5.41, 5.74) is 0. The highest BCUT2D eigenvalue weighted by Gasteiger charge is 2.95. The van der Waals surface area contributed by atoms with Crippen LogP contribution in [0.2, 0.25) is 0 Å². The average Bonchev–Trinajstić information content (AvgIpc) is 2.94. The second-order valence-electron chi connectivity index (χ2n) is 11.1. The molecule has 0 rings (SSSR count). The Hall–Kier alpha value is -0.990. The first-order chi connectivity index (χ1) is 21.1. The van der Waals surface area contributed by atoms with Crippen molar-refractivity contribution in [2.24, 2.45) is 5.92 Å². The summed E-state index contributed by atoms with van der Waals surface area (Å²) < 4.78 is 238. The van der Waals surface area contributed by atoms with E-state index in [-0.39, 0.29) is 6.42 Å². The lowest BCUT2D eigenvalue weighted by molar-refractivity contribution is -0.463. The van der Waals surface area contributed by atoms with Gasteiger partial charge in [0.2, 0.25) is 0 Å².